The van der Waals surface area contributed by atoms with E-state index in [-0.39, 0.29) is 43.5 Å². The van der Waals surface area contributed by atoms with Crippen molar-refractivity contribution in [3.63, 3.8) is 0 Å². The number of nitrogens with zero attached hydrogens (tertiary/aromatic N) is 2. The molecule has 0 saturated heterocycles. The smallest absolute Gasteiger partial charge is 0.162 e. The molecule has 0 bridgehead atoms. The number of hydrogen-bond acceptors (Lipinski definition) is 6. The van der Waals surface area contributed by atoms with E-state index in [1.54, 1.807) is 12.5 Å². The SMILES string of the molecule is CCC(CC)C(=O)/C=C(\O)C(CC)CC.C[Si](C)(C)c1cc2oc3cncnc3c3[c-]c4ccccc4c4oc(c1)c2c34.[Ir]. The molecule has 3 aromatic carbocycles. The Kier molecular flexibility index (Phi) is 10.5. The second kappa shape index (κ2) is 13.8. The van der Waals surface area contributed by atoms with Crippen LogP contribution in [0.2, 0.25) is 19.6 Å². The minimum Gasteiger partial charge on any atom is -0.512 e. The van der Waals surface area contributed by atoms with Gasteiger partial charge in [0.15, 0.2) is 5.78 Å². The van der Waals surface area contributed by atoms with E-state index in [4.69, 9.17) is 8.83 Å². The molecule has 0 aliphatic rings. The van der Waals surface area contributed by atoms with Crippen LogP contribution in [0.4, 0.5) is 0 Å². The van der Waals surface area contributed by atoms with Crippen molar-refractivity contribution in [2.45, 2.75) is 73.0 Å². The van der Waals surface area contributed by atoms with Crippen molar-refractivity contribution in [2.75, 3.05) is 0 Å². The molecule has 0 aliphatic heterocycles. The van der Waals surface area contributed by atoms with E-state index in [2.05, 4.69) is 59.9 Å². The Labute approximate surface area is 273 Å². The number of benzene rings is 3. The standard InChI is InChI=1S/C23H17N2O2Si.C13H24O2.Ir/c1-28(2,3)14-9-17-21-18(10-14)27-23-15-7-5-4-6-13(15)8-16(20(21)23)22-19(26-17)11-24-12-25-22;1-5-10(6-2)12(14)9-13(15)11(7-3)8-4;/h4-7,9-12H,1-3H3;9-11,14H,5-8H2,1-4H3;/q-1;;/b;12-9-;. The number of hydrogen-bond donors (Lipinski definition) is 1. The number of carbonyl (C=O) groups is 1. The van der Waals surface area contributed by atoms with Gasteiger partial charge in [0, 0.05) is 43.4 Å². The summed E-state index contributed by atoms with van der Waals surface area (Å²) in [7, 11) is -1.57. The van der Waals surface area contributed by atoms with E-state index in [1.807, 2.05) is 39.8 Å². The molecular formula is C36H41IrN2O4Si-. The van der Waals surface area contributed by atoms with Crippen LogP contribution in [0.25, 0.3) is 54.8 Å². The molecule has 1 radical (unpaired) electrons. The van der Waals surface area contributed by atoms with Crippen LogP contribution in [0.1, 0.15) is 53.4 Å². The van der Waals surface area contributed by atoms with E-state index in [1.165, 1.54) is 11.3 Å². The number of carbonyl (C=O) groups excluding carboxylic acids is 1. The van der Waals surface area contributed by atoms with Crippen LogP contribution in [0.5, 0.6) is 0 Å². The zero-order valence-corrected chi connectivity index (χ0v) is 30.0. The fourth-order valence-electron chi connectivity index (χ4n) is 5.78. The first kappa shape index (κ1) is 33.6. The third-order valence-electron chi connectivity index (χ3n) is 8.52. The second-order valence-electron chi connectivity index (χ2n) is 12.3. The van der Waals surface area contributed by atoms with Crippen molar-refractivity contribution in [3.8, 4) is 0 Å². The average Bonchev–Trinajstić information content (AvgIpc) is 3.32. The quantitative estimate of drug-likeness (QED) is 0.0716. The Morgan fingerprint density at radius 1 is 0.932 bits per heavy atom. The zero-order chi connectivity index (χ0) is 30.9. The first-order chi connectivity index (χ1) is 20.6. The molecule has 8 heteroatoms. The van der Waals surface area contributed by atoms with Crippen molar-refractivity contribution >= 4 is 73.8 Å². The summed E-state index contributed by atoms with van der Waals surface area (Å²) >= 11 is 0. The van der Waals surface area contributed by atoms with Crippen molar-refractivity contribution in [1.82, 2.24) is 9.97 Å². The number of rotatable bonds is 8. The van der Waals surface area contributed by atoms with Gasteiger partial charge >= 0.3 is 0 Å². The molecule has 44 heavy (non-hydrogen) atoms. The maximum Gasteiger partial charge on any atom is 0.162 e. The van der Waals surface area contributed by atoms with E-state index in [9.17, 15) is 9.90 Å². The summed E-state index contributed by atoms with van der Waals surface area (Å²) in [6, 6.07) is 16.1. The number of aliphatic hydroxyl groups excluding tert-OH is 1. The zero-order valence-electron chi connectivity index (χ0n) is 26.6. The molecule has 6 aromatic rings. The van der Waals surface area contributed by atoms with Gasteiger partial charge in [0.25, 0.3) is 0 Å². The van der Waals surface area contributed by atoms with Gasteiger partial charge in [0.2, 0.25) is 0 Å². The van der Waals surface area contributed by atoms with Crippen LogP contribution >= 0.6 is 0 Å². The third-order valence-corrected chi connectivity index (χ3v) is 10.5. The van der Waals surface area contributed by atoms with Crippen LogP contribution in [-0.4, -0.2) is 28.9 Å². The minimum absolute atomic E-state index is 0. The fourth-order valence-corrected chi connectivity index (χ4v) is 6.90. The largest absolute Gasteiger partial charge is 0.512 e. The molecule has 233 valence electrons. The van der Waals surface area contributed by atoms with Gasteiger partial charge in [-0.05, 0) is 48.6 Å². The van der Waals surface area contributed by atoms with Crippen LogP contribution in [0.3, 0.4) is 0 Å². The summed E-state index contributed by atoms with van der Waals surface area (Å²) in [6.07, 6.45) is 8.19. The van der Waals surface area contributed by atoms with Gasteiger partial charge in [0.05, 0.1) is 31.1 Å². The summed E-state index contributed by atoms with van der Waals surface area (Å²) in [6.45, 7) is 15.0. The summed E-state index contributed by atoms with van der Waals surface area (Å²) in [5.41, 5.74) is 3.94. The predicted molar refractivity (Wildman–Crippen MR) is 180 cm³/mol. The molecule has 0 fully saturated rings. The van der Waals surface area contributed by atoms with Crippen LogP contribution in [0, 0.1) is 17.9 Å². The van der Waals surface area contributed by atoms with Crippen LogP contribution < -0.4 is 5.19 Å². The van der Waals surface area contributed by atoms with Crippen molar-refractivity contribution in [2.24, 2.45) is 11.8 Å². The average molecular weight is 786 g/mol. The summed E-state index contributed by atoms with van der Waals surface area (Å²) in [4.78, 5) is 20.4. The Balaban J connectivity index is 0.000000239. The molecule has 0 spiro atoms. The number of allylic oxidation sites excluding steroid dienone is 2. The maximum atomic E-state index is 11.7. The predicted octanol–water partition coefficient (Wildman–Crippen LogP) is 9.64. The first-order valence-electron chi connectivity index (χ1n) is 15.4. The molecule has 0 amide bonds. The van der Waals surface area contributed by atoms with Crippen LogP contribution in [-0.2, 0) is 24.9 Å². The van der Waals surface area contributed by atoms with Gasteiger partial charge in [-0.15, -0.1) is 17.5 Å². The number of furan rings is 1. The molecular weight excluding hydrogens is 745 g/mol. The van der Waals surface area contributed by atoms with Gasteiger partial charge in [-0.25, -0.2) is 4.98 Å². The van der Waals surface area contributed by atoms with Crippen LogP contribution in [0.15, 0.2) is 69.6 Å². The number of aromatic nitrogens is 2. The van der Waals surface area contributed by atoms with Gasteiger partial charge in [-0.2, -0.15) is 0 Å². The molecule has 6 rings (SSSR count). The van der Waals surface area contributed by atoms with Gasteiger partial charge < -0.3 is 13.9 Å². The summed E-state index contributed by atoms with van der Waals surface area (Å²) in [5, 5.41) is 16.0. The molecule has 6 nitrogen and oxygen atoms in total. The third kappa shape index (κ3) is 6.39. The Bertz CT molecular complexity index is 1960. The van der Waals surface area contributed by atoms with Crippen molar-refractivity contribution in [3.05, 3.63) is 66.8 Å². The fraction of sp³-hybridized carbons (Fsp3) is 0.361. The van der Waals surface area contributed by atoms with Crippen molar-refractivity contribution in [1.29, 1.82) is 0 Å². The van der Waals surface area contributed by atoms with E-state index < -0.39 is 8.07 Å². The van der Waals surface area contributed by atoms with Crippen molar-refractivity contribution < 1.29 is 38.8 Å². The first-order valence-corrected chi connectivity index (χ1v) is 18.9. The van der Waals surface area contributed by atoms with E-state index >= 15 is 0 Å². The molecule has 3 aromatic heterocycles. The minimum atomic E-state index is -1.57. The normalized spacial score (nSPS) is 12.4. The Morgan fingerprint density at radius 2 is 1.57 bits per heavy atom. The van der Waals surface area contributed by atoms with Gasteiger partial charge in [-0.3, -0.25) is 9.78 Å². The second-order valence-corrected chi connectivity index (χ2v) is 17.4. The van der Waals surface area contributed by atoms with Gasteiger partial charge in [-0.1, -0.05) is 76.1 Å². The molecule has 0 atom stereocenters. The van der Waals surface area contributed by atoms with E-state index in [0.717, 1.165) is 74.9 Å². The number of ketones is 1. The maximum absolute atomic E-state index is 11.7. The Hall–Kier alpha value is -3.32. The van der Waals surface area contributed by atoms with Gasteiger partial charge in [0.1, 0.15) is 23.1 Å². The molecule has 3 heterocycles. The topological polar surface area (TPSA) is 89.4 Å². The summed E-state index contributed by atoms with van der Waals surface area (Å²) in [5.74, 6) is 0.547. The Morgan fingerprint density at radius 3 is 2.20 bits per heavy atom. The monoisotopic (exact) mass is 786 g/mol. The number of fused-ring (bicyclic) bond motifs is 4. The van der Waals surface area contributed by atoms with E-state index in [0.29, 0.717) is 5.58 Å². The summed E-state index contributed by atoms with van der Waals surface area (Å²) < 4.78 is 12.8. The molecule has 1 N–H and O–H groups in total. The number of aliphatic hydroxyl groups is 1. The molecule has 0 unspecified atom stereocenters. The molecule has 0 saturated carbocycles. The molecule has 0 aliphatic carbocycles.